The SMILES string of the molecule is CCN1CCN(C2=NC(=O)/C(=C\c3ccc(Br)cc3)S2)CC1. The first-order valence-corrected chi connectivity index (χ1v) is 9.02. The highest BCUT2D eigenvalue weighted by Gasteiger charge is 2.28. The molecule has 0 atom stereocenters. The molecule has 2 heterocycles. The molecule has 1 fully saturated rings. The lowest BCUT2D eigenvalue weighted by Crippen LogP contribution is -2.47. The highest BCUT2D eigenvalue weighted by molar-refractivity contribution is 9.10. The molecule has 2 aliphatic rings. The number of hydrogen-bond donors (Lipinski definition) is 0. The Bertz CT molecular complexity index is 619. The summed E-state index contributed by atoms with van der Waals surface area (Å²) in [5.74, 6) is -0.124. The molecule has 4 nitrogen and oxygen atoms in total. The zero-order valence-corrected chi connectivity index (χ0v) is 14.9. The van der Waals surface area contributed by atoms with E-state index in [9.17, 15) is 4.79 Å². The molecular weight excluding hydrogens is 362 g/mol. The predicted molar refractivity (Wildman–Crippen MR) is 95.8 cm³/mol. The molecule has 0 aliphatic carbocycles. The highest BCUT2D eigenvalue weighted by atomic mass is 79.9. The molecule has 0 saturated carbocycles. The van der Waals surface area contributed by atoms with E-state index in [0.29, 0.717) is 4.91 Å². The molecular formula is C16H18BrN3OS. The number of carbonyl (C=O) groups excluding carboxylic acids is 1. The van der Waals surface area contributed by atoms with Crippen LogP contribution in [0.5, 0.6) is 0 Å². The van der Waals surface area contributed by atoms with Gasteiger partial charge in [-0.05, 0) is 42.1 Å². The Labute approximate surface area is 143 Å². The second-order valence-electron chi connectivity index (χ2n) is 5.28. The first-order chi connectivity index (χ1) is 10.7. The normalized spacial score (nSPS) is 21.5. The quantitative estimate of drug-likeness (QED) is 0.739. The van der Waals surface area contributed by atoms with Gasteiger partial charge < -0.3 is 9.80 Å². The zero-order valence-electron chi connectivity index (χ0n) is 12.5. The van der Waals surface area contributed by atoms with Crippen molar-refractivity contribution in [1.29, 1.82) is 0 Å². The van der Waals surface area contributed by atoms with E-state index in [1.54, 1.807) is 0 Å². The maximum absolute atomic E-state index is 12.1. The van der Waals surface area contributed by atoms with Crippen molar-refractivity contribution >= 4 is 44.8 Å². The minimum absolute atomic E-state index is 0.124. The van der Waals surface area contributed by atoms with Crippen LogP contribution in [0, 0.1) is 0 Å². The van der Waals surface area contributed by atoms with E-state index in [4.69, 9.17) is 0 Å². The van der Waals surface area contributed by atoms with Gasteiger partial charge in [0.05, 0.1) is 4.91 Å². The number of carbonyl (C=O) groups is 1. The number of hydrogen-bond acceptors (Lipinski definition) is 4. The van der Waals surface area contributed by atoms with Crippen LogP contribution in [0.3, 0.4) is 0 Å². The fourth-order valence-corrected chi connectivity index (χ4v) is 3.73. The van der Waals surface area contributed by atoms with Crippen molar-refractivity contribution in [2.45, 2.75) is 6.92 Å². The smallest absolute Gasteiger partial charge is 0.286 e. The van der Waals surface area contributed by atoms with Gasteiger partial charge in [-0.1, -0.05) is 35.0 Å². The molecule has 116 valence electrons. The highest BCUT2D eigenvalue weighted by Crippen LogP contribution is 2.30. The van der Waals surface area contributed by atoms with Gasteiger partial charge >= 0.3 is 0 Å². The number of thioether (sulfide) groups is 1. The molecule has 1 aromatic rings. The van der Waals surface area contributed by atoms with Gasteiger partial charge in [-0.2, -0.15) is 4.99 Å². The van der Waals surface area contributed by atoms with E-state index >= 15 is 0 Å². The number of likely N-dealkylation sites (N-methyl/N-ethyl adjacent to an activating group) is 1. The van der Waals surface area contributed by atoms with E-state index in [1.165, 1.54) is 11.8 Å². The lowest BCUT2D eigenvalue weighted by atomic mass is 10.2. The molecule has 0 unspecified atom stereocenters. The van der Waals surface area contributed by atoms with Gasteiger partial charge in [-0.15, -0.1) is 0 Å². The van der Waals surface area contributed by atoms with Crippen LogP contribution in [0.1, 0.15) is 12.5 Å². The van der Waals surface area contributed by atoms with Gasteiger partial charge in [0.1, 0.15) is 0 Å². The summed E-state index contributed by atoms with van der Waals surface area (Å²) in [4.78, 5) is 21.7. The second-order valence-corrected chi connectivity index (χ2v) is 7.21. The summed E-state index contributed by atoms with van der Waals surface area (Å²) in [5.41, 5.74) is 1.02. The summed E-state index contributed by atoms with van der Waals surface area (Å²) in [5, 5.41) is 0.851. The Balaban J connectivity index is 1.67. The maximum Gasteiger partial charge on any atom is 0.286 e. The molecule has 0 N–H and O–H groups in total. The molecule has 2 aliphatic heterocycles. The van der Waals surface area contributed by atoms with Crippen molar-refractivity contribution in [3.63, 3.8) is 0 Å². The average molecular weight is 380 g/mol. The Morgan fingerprint density at radius 3 is 2.55 bits per heavy atom. The Kier molecular flexibility index (Phi) is 5.00. The van der Waals surface area contributed by atoms with Crippen LogP contribution < -0.4 is 0 Å². The first-order valence-electron chi connectivity index (χ1n) is 7.41. The van der Waals surface area contributed by atoms with Gasteiger partial charge in [-0.3, -0.25) is 4.79 Å². The van der Waals surface area contributed by atoms with Crippen molar-refractivity contribution in [2.24, 2.45) is 4.99 Å². The van der Waals surface area contributed by atoms with Crippen molar-refractivity contribution in [2.75, 3.05) is 32.7 Å². The van der Waals surface area contributed by atoms with Crippen LogP contribution >= 0.6 is 27.7 Å². The summed E-state index contributed by atoms with van der Waals surface area (Å²) in [7, 11) is 0. The minimum atomic E-state index is -0.124. The van der Waals surface area contributed by atoms with Crippen LogP contribution in [-0.2, 0) is 4.79 Å². The molecule has 3 rings (SSSR count). The summed E-state index contributed by atoms with van der Waals surface area (Å²) in [6.07, 6.45) is 1.91. The van der Waals surface area contributed by atoms with Crippen molar-refractivity contribution < 1.29 is 4.79 Å². The minimum Gasteiger partial charge on any atom is -0.348 e. The van der Waals surface area contributed by atoms with E-state index in [0.717, 1.165) is 47.9 Å². The first kappa shape index (κ1) is 15.8. The van der Waals surface area contributed by atoms with E-state index in [2.05, 4.69) is 37.6 Å². The Morgan fingerprint density at radius 2 is 1.91 bits per heavy atom. The fourth-order valence-electron chi connectivity index (χ4n) is 2.50. The second kappa shape index (κ2) is 6.98. The number of rotatable bonds is 2. The summed E-state index contributed by atoms with van der Waals surface area (Å²) in [6.45, 7) is 7.23. The summed E-state index contributed by atoms with van der Waals surface area (Å²) in [6, 6.07) is 7.93. The lowest BCUT2D eigenvalue weighted by Gasteiger charge is -2.34. The average Bonchev–Trinajstić information content (AvgIpc) is 2.91. The van der Waals surface area contributed by atoms with Gasteiger partial charge in [0.15, 0.2) is 5.17 Å². The number of amides is 1. The largest absolute Gasteiger partial charge is 0.348 e. The fraction of sp³-hybridized carbons (Fsp3) is 0.375. The lowest BCUT2D eigenvalue weighted by molar-refractivity contribution is -0.113. The number of piperazine rings is 1. The number of amidine groups is 1. The van der Waals surface area contributed by atoms with Crippen LogP contribution in [0.15, 0.2) is 38.6 Å². The predicted octanol–water partition coefficient (Wildman–Crippen LogP) is 3.06. The number of aliphatic imine (C=N–C) groups is 1. The number of nitrogens with zero attached hydrogens (tertiary/aromatic N) is 3. The van der Waals surface area contributed by atoms with Gasteiger partial charge in [0.2, 0.25) is 0 Å². The van der Waals surface area contributed by atoms with E-state index in [-0.39, 0.29) is 5.91 Å². The molecule has 0 spiro atoms. The molecule has 1 saturated heterocycles. The topological polar surface area (TPSA) is 35.9 Å². The Hall–Kier alpha value is -1.11. The van der Waals surface area contributed by atoms with E-state index in [1.807, 2.05) is 30.3 Å². The van der Waals surface area contributed by atoms with E-state index < -0.39 is 0 Å². The van der Waals surface area contributed by atoms with Crippen LogP contribution in [0.4, 0.5) is 0 Å². The third-order valence-electron chi connectivity index (χ3n) is 3.87. The van der Waals surface area contributed by atoms with Crippen LogP contribution in [0.25, 0.3) is 6.08 Å². The van der Waals surface area contributed by atoms with Crippen LogP contribution in [0.2, 0.25) is 0 Å². The standard InChI is InChI=1S/C16H18BrN3OS/c1-2-19-7-9-20(10-8-19)16-18-15(21)14(22-16)11-12-3-5-13(17)6-4-12/h3-6,11H,2,7-10H2,1H3/b14-11+. The molecule has 0 aromatic heterocycles. The van der Waals surface area contributed by atoms with Crippen molar-refractivity contribution in [1.82, 2.24) is 9.80 Å². The van der Waals surface area contributed by atoms with Crippen molar-refractivity contribution in [3.8, 4) is 0 Å². The molecule has 0 bridgehead atoms. The maximum atomic E-state index is 12.1. The number of halogens is 1. The van der Waals surface area contributed by atoms with Gasteiger partial charge in [0, 0.05) is 30.7 Å². The zero-order chi connectivity index (χ0) is 15.5. The molecule has 0 radical (unpaired) electrons. The molecule has 6 heteroatoms. The molecule has 1 amide bonds. The van der Waals surface area contributed by atoms with Gasteiger partial charge in [-0.25, -0.2) is 0 Å². The summed E-state index contributed by atoms with van der Waals surface area (Å²) >= 11 is 4.91. The third-order valence-corrected chi connectivity index (χ3v) is 5.44. The summed E-state index contributed by atoms with van der Waals surface area (Å²) < 4.78 is 1.03. The van der Waals surface area contributed by atoms with Crippen LogP contribution in [-0.4, -0.2) is 53.6 Å². The number of benzene rings is 1. The van der Waals surface area contributed by atoms with Gasteiger partial charge in [0.25, 0.3) is 5.91 Å². The monoisotopic (exact) mass is 379 g/mol. The van der Waals surface area contributed by atoms with Crippen molar-refractivity contribution in [3.05, 3.63) is 39.2 Å². The third kappa shape index (κ3) is 3.62. The Morgan fingerprint density at radius 1 is 1.23 bits per heavy atom. The molecule has 1 aromatic carbocycles. The molecule has 22 heavy (non-hydrogen) atoms.